The van der Waals surface area contributed by atoms with Gasteiger partial charge in [-0.05, 0) is 51.7 Å². The molecular formula is C15H25BN2O2. The van der Waals surface area contributed by atoms with Crippen molar-refractivity contribution in [3.63, 3.8) is 0 Å². The lowest BCUT2D eigenvalue weighted by atomic mass is 9.79. The van der Waals surface area contributed by atoms with Crippen molar-refractivity contribution >= 4 is 12.8 Å². The van der Waals surface area contributed by atoms with Crippen molar-refractivity contribution in [2.24, 2.45) is 0 Å². The van der Waals surface area contributed by atoms with E-state index in [0.29, 0.717) is 11.2 Å². The van der Waals surface area contributed by atoms with E-state index >= 15 is 0 Å². The first-order valence-electron chi connectivity index (χ1n) is 6.76. The minimum Gasteiger partial charge on any atom is -0.399 e. The second-order valence-electron chi connectivity index (χ2n) is 6.03. The van der Waals surface area contributed by atoms with Gasteiger partial charge in [-0.15, -0.1) is 0 Å². The Morgan fingerprint density at radius 1 is 1.15 bits per heavy atom. The molecule has 1 aliphatic heterocycles. The quantitative estimate of drug-likeness (QED) is 0.461. The first-order valence-corrected chi connectivity index (χ1v) is 6.76. The Labute approximate surface area is 122 Å². The minimum absolute atomic E-state index is 0.371. The molecule has 0 unspecified atom stereocenters. The van der Waals surface area contributed by atoms with Gasteiger partial charge >= 0.3 is 7.12 Å². The molecule has 0 aromatic heterocycles. The lowest BCUT2D eigenvalue weighted by molar-refractivity contribution is 0.00578. The van der Waals surface area contributed by atoms with Crippen molar-refractivity contribution in [2.75, 3.05) is 7.05 Å². The lowest BCUT2D eigenvalue weighted by Crippen LogP contribution is -2.41. The molecule has 1 rings (SSSR count). The molecule has 4 nitrogen and oxygen atoms in total. The van der Waals surface area contributed by atoms with Gasteiger partial charge in [0.05, 0.1) is 16.9 Å². The van der Waals surface area contributed by atoms with Gasteiger partial charge in [-0.1, -0.05) is 12.7 Å². The molecule has 5 heteroatoms. The second kappa shape index (κ2) is 5.98. The van der Waals surface area contributed by atoms with Gasteiger partial charge < -0.3 is 20.0 Å². The summed E-state index contributed by atoms with van der Waals surface area (Å²) in [4.78, 5) is 0. The molecule has 0 saturated carbocycles. The number of hydrogen-bond donors (Lipinski definition) is 2. The third kappa shape index (κ3) is 3.61. The molecule has 0 aromatic carbocycles. The van der Waals surface area contributed by atoms with E-state index < -0.39 is 7.12 Å². The number of hydrogen-bond acceptors (Lipinski definition) is 4. The molecule has 2 N–H and O–H groups in total. The summed E-state index contributed by atoms with van der Waals surface area (Å²) in [7, 11) is 1.35. The molecule has 0 atom stereocenters. The molecule has 0 spiro atoms. The molecule has 110 valence electrons. The molecule has 0 aromatic rings. The zero-order valence-electron chi connectivity index (χ0n) is 13.3. The number of nitrogens with one attached hydrogen (secondary N) is 2. The maximum atomic E-state index is 7.90. The van der Waals surface area contributed by atoms with Crippen molar-refractivity contribution < 1.29 is 9.31 Å². The zero-order valence-corrected chi connectivity index (χ0v) is 13.3. The first kappa shape index (κ1) is 16.7. The predicted molar refractivity (Wildman–Crippen MR) is 84.9 cm³/mol. The maximum absolute atomic E-state index is 7.90. The van der Waals surface area contributed by atoms with Gasteiger partial charge in [0.1, 0.15) is 0 Å². The first-order chi connectivity index (χ1) is 9.10. The van der Waals surface area contributed by atoms with E-state index in [9.17, 15) is 0 Å². The minimum atomic E-state index is -0.461. The van der Waals surface area contributed by atoms with E-state index in [2.05, 4.69) is 11.9 Å². The molecule has 1 fully saturated rings. The van der Waals surface area contributed by atoms with E-state index in [-0.39, 0.29) is 11.2 Å². The van der Waals surface area contributed by atoms with Crippen molar-refractivity contribution in [1.82, 2.24) is 5.32 Å². The topological polar surface area (TPSA) is 54.3 Å². The number of rotatable bonds is 5. The predicted octanol–water partition coefficient (Wildman–Crippen LogP) is 2.87. The summed E-state index contributed by atoms with van der Waals surface area (Å²) < 4.78 is 11.8. The Kier molecular flexibility index (Phi) is 5.00. The Morgan fingerprint density at radius 3 is 2.10 bits per heavy atom. The van der Waals surface area contributed by atoms with Crippen LogP contribution in [0.1, 0.15) is 34.6 Å². The van der Waals surface area contributed by atoms with Crippen LogP contribution in [0.25, 0.3) is 0 Å². The molecule has 20 heavy (non-hydrogen) atoms. The highest BCUT2D eigenvalue weighted by molar-refractivity contribution is 6.55. The summed E-state index contributed by atoms with van der Waals surface area (Å²) >= 11 is 0. The van der Waals surface area contributed by atoms with Crippen LogP contribution < -0.4 is 5.32 Å². The Bertz CT molecular complexity index is 448. The SMILES string of the molecule is C=C(/C=C\C(=N)/C(C)=C\NC)B1OC(C)(C)C(C)(C)O1. The van der Waals surface area contributed by atoms with Gasteiger partial charge in [-0.25, -0.2) is 0 Å². The van der Waals surface area contributed by atoms with Gasteiger partial charge in [0.2, 0.25) is 0 Å². The largest absolute Gasteiger partial charge is 0.494 e. The molecular weight excluding hydrogens is 251 g/mol. The van der Waals surface area contributed by atoms with Crippen LogP contribution in [0.15, 0.2) is 36.0 Å². The zero-order chi connectivity index (χ0) is 15.6. The van der Waals surface area contributed by atoms with E-state index in [1.807, 2.05) is 41.7 Å². The summed E-state index contributed by atoms with van der Waals surface area (Å²) in [5, 5.41) is 10.8. The average Bonchev–Trinajstić information content (AvgIpc) is 2.55. The fourth-order valence-corrected chi connectivity index (χ4v) is 1.69. The van der Waals surface area contributed by atoms with Gasteiger partial charge in [0.25, 0.3) is 0 Å². The molecule has 1 heterocycles. The van der Waals surface area contributed by atoms with E-state index in [1.54, 1.807) is 18.4 Å². The van der Waals surface area contributed by atoms with Crippen LogP contribution in [0.5, 0.6) is 0 Å². The third-order valence-corrected chi connectivity index (χ3v) is 3.81. The maximum Gasteiger partial charge on any atom is 0.494 e. The van der Waals surface area contributed by atoms with Crippen molar-refractivity contribution in [3.8, 4) is 0 Å². The van der Waals surface area contributed by atoms with Crippen LogP contribution >= 0.6 is 0 Å². The normalized spacial score (nSPS) is 21.3. The van der Waals surface area contributed by atoms with Crippen LogP contribution in [0.2, 0.25) is 0 Å². The van der Waals surface area contributed by atoms with Crippen LogP contribution in [-0.2, 0) is 9.31 Å². The van der Waals surface area contributed by atoms with Crippen LogP contribution in [-0.4, -0.2) is 31.1 Å². The van der Waals surface area contributed by atoms with E-state index in [0.717, 1.165) is 5.57 Å². The molecule has 0 radical (unpaired) electrons. The van der Waals surface area contributed by atoms with Crippen LogP contribution in [0.3, 0.4) is 0 Å². The lowest BCUT2D eigenvalue weighted by Gasteiger charge is -2.32. The summed E-state index contributed by atoms with van der Waals surface area (Å²) in [5.41, 5.74) is 1.25. The standard InChI is InChI=1S/C15H25BN2O2/c1-11(10-18-7)13(17)9-8-12(2)16-19-14(3,4)15(5,6)20-16/h8-10,17-18H,2H2,1,3-7H3/b9-8-,11-10-,17-13?. The summed E-state index contributed by atoms with van der Waals surface area (Å²) in [5.74, 6) is 0. The van der Waals surface area contributed by atoms with Crippen LogP contribution in [0.4, 0.5) is 0 Å². The Balaban J connectivity index is 2.70. The summed E-state index contributed by atoms with van der Waals surface area (Å²) in [6, 6.07) is 0. The van der Waals surface area contributed by atoms with Gasteiger partial charge in [-0.2, -0.15) is 0 Å². The van der Waals surface area contributed by atoms with Crippen molar-refractivity contribution in [2.45, 2.75) is 45.8 Å². The van der Waals surface area contributed by atoms with Crippen LogP contribution in [0, 0.1) is 5.41 Å². The molecule has 0 bridgehead atoms. The third-order valence-electron chi connectivity index (χ3n) is 3.81. The molecule has 1 saturated heterocycles. The fraction of sp³-hybridized carbons (Fsp3) is 0.533. The highest BCUT2D eigenvalue weighted by Gasteiger charge is 2.51. The van der Waals surface area contributed by atoms with Gasteiger partial charge in [-0.3, -0.25) is 0 Å². The molecule has 0 amide bonds. The Hall–Kier alpha value is -1.33. The smallest absolute Gasteiger partial charge is 0.399 e. The van der Waals surface area contributed by atoms with Gasteiger partial charge in [0.15, 0.2) is 0 Å². The van der Waals surface area contributed by atoms with E-state index in [4.69, 9.17) is 14.7 Å². The van der Waals surface area contributed by atoms with Crippen molar-refractivity contribution in [3.05, 3.63) is 36.0 Å². The number of allylic oxidation sites excluding steroid dienone is 4. The summed E-state index contributed by atoms with van der Waals surface area (Å²) in [6.45, 7) is 13.9. The van der Waals surface area contributed by atoms with Crippen molar-refractivity contribution in [1.29, 1.82) is 5.41 Å². The highest BCUT2D eigenvalue weighted by atomic mass is 16.7. The van der Waals surface area contributed by atoms with Gasteiger partial charge in [0, 0.05) is 13.2 Å². The molecule has 1 aliphatic rings. The highest BCUT2D eigenvalue weighted by Crippen LogP contribution is 2.38. The Morgan fingerprint density at radius 2 is 1.65 bits per heavy atom. The fourth-order valence-electron chi connectivity index (χ4n) is 1.69. The monoisotopic (exact) mass is 276 g/mol. The summed E-state index contributed by atoms with van der Waals surface area (Å²) in [6.07, 6.45) is 5.26. The second-order valence-corrected chi connectivity index (χ2v) is 6.03. The average molecular weight is 276 g/mol. The van der Waals surface area contributed by atoms with E-state index in [1.165, 1.54) is 0 Å². The molecule has 0 aliphatic carbocycles.